The van der Waals surface area contributed by atoms with Crippen LogP contribution in [-0.2, 0) is 9.59 Å². The van der Waals surface area contributed by atoms with Crippen molar-refractivity contribution in [3.63, 3.8) is 0 Å². The number of hydrogen-bond acceptors (Lipinski definition) is 5. The topological polar surface area (TPSA) is 78.7 Å². The fourth-order valence-electron chi connectivity index (χ4n) is 4.13. The van der Waals surface area contributed by atoms with Gasteiger partial charge < -0.3 is 14.9 Å². The Morgan fingerprint density at radius 3 is 2.33 bits per heavy atom. The van der Waals surface area contributed by atoms with Gasteiger partial charge in [0.2, 0.25) is 0 Å². The summed E-state index contributed by atoms with van der Waals surface area (Å²) in [5.41, 5.74) is 3.91. The number of aliphatic hydroxyl groups excluding tert-OH is 1. The van der Waals surface area contributed by atoms with Crippen LogP contribution < -0.4 is 0 Å². The lowest BCUT2D eigenvalue weighted by molar-refractivity contribution is -0.140. The highest BCUT2D eigenvalue weighted by Crippen LogP contribution is 2.39. The Labute approximate surface area is 193 Å². The van der Waals surface area contributed by atoms with Gasteiger partial charge in [0.25, 0.3) is 11.7 Å². The van der Waals surface area contributed by atoms with Gasteiger partial charge in [-0.05, 0) is 45.6 Å². The summed E-state index contributed by atoms with van der Waals surface area (Å²) < 4.78 is 1.71. The molecule has 0 aliphatic carbocycles. The summed E-state index contributed by atoms with van der Waals surface area (Å²) in [4.78, 5) is 29.7. The number of nitrogens with zero attached hydrogens (tertiary/aromatic N) is 4. The van der Waals surface area contributed by atoms with Gasteiger partial charge in [0.05, 0.1) is 34.8 Å². The molecule has 3 aromatic rings. The predicted octanol–water partition coefficient (Wildman–Crippen LogP) is 3.47. The maximum absolute atomic E-state index is 13.2. The van der Waals surface area contributed by atoms with Crippen LogP contribution in [-0.4, -0.2) is 63.6 Å². The molecular formula is C26H28N4O3. The largest absolute Gasteiger partial charge is 0.507 e. The molecule has 2 aromatic carbocycles. The number of Topliss-reactive ketones (excluding diaryl/α,β-unsaturated/α-hetero) is 1. The molecule has 1 atom stereocenters. The Kier molecular flexibility index (Phi) is 6.16. The third-order valence-electron chi connectivity index (χ3n) is 5.99. The number of carbonyl (C=O) groups is 2. The normalized spacial score (nSPS) is 17.8. The van der Waals surface area contributed by atoms with Gasteiger partial charge in [0.1, 0.15) is 5.76 Å². The standard InChI is InChI=1S/C26H28N4O3/c1-17-10-12-19(13-11-17)23-22(25(32)26(33)29(23)15-14-28(3)4)24(31)21-16-27-30(18(21)2)20-8-6-5-7-9-20/h5-13,16,23,31H,14-15H2,1-4H3/b24-22-. The van der Waals surface area contributed by atoms with Crippen molar-refractivity contribution in [1.29, 1.82) is 0 Å². The highest BCUT2D eigenvalue weighted by atomic mass is 16.3. The lowest BCUT2D eigenvalue weighted by Gasteiger charge is -2.26. The average molecular weight is 445 g/mol. The summed E-state index contributed by atoms with van der Waals surface area (Å²) >= 11 is 0. The van der Waals surface area contributed by atoms with E-state index in [1.807, 2.05) is 87.4 Å². The summed E-state index contributed by atoms with van der Waals surface area (Å²) in [6.07, 6.45) is 1.54. The number of aryl methyl sites for hydroxylation is 1. The van der Waals surface area contributed by atoms with Crippen LogP contribution in [0.4, 0.5) is 0 Å². The SMILES string of the molecule is Cc1ccc(C2/C(=C(/O)c3cnn(-c4ccccc4)c3C)C(=O)C(=O)N2CCN(C)C)cc1. The fraction of sp³-hybridized carbons (Fsp3) is 0.269. The van der Waals surface area contributed by atoms with E-state index >= 15 is 0 Å². The van der Waals surface area contributed by atoms with Crippen molar-refractivity contribution in [3.05, 3.63) is 88.8 Å². The lowest BCUT2D eigenvalue weighted by Crippen LogP contribution is -2.35. The van der Waals surface area contributed by atoms with Crippen molar-refractivity contribution < 1.29 is 14.7 Å². The molecule has 7 heteroatoms. The number of hydrogen-bond donors (Lipinski definition) is 1. The molecule has 0 spiro atoms. The van der Waals surface area contributed by atoms with Crippen LogP contribution in [0.15, 0.2) is 66.4 Å². The van der Waals surface area contributed by atoms with Crippen LogP contribution in [0.1, 0.15) is 28.4 Å². The Morgan fingerprint density at radius 2 is 1.70 bits per heavy atom. The second kappa shape index (κ2) is 9.03. The van der Waals surface area contributed by atoms with E-state index in [2.05, 4.69) is 5.10 Å². The Morgan fingerprint density at radius 1 is 1.03 bits per heavy atom. The zero-order valence-electron chi connectivity index (χ0n) is 19.3. The number of ketones is 1. The molecule has 1 saturated heterocycles. The first-order valence-electron chi connectivity index (χ1n) is 10.9. The van der Waals surface area contributed by atoms with E-state index < -0.39 is 17.7 Å². The molecule has 4 rings (SSSR count). The molecule has 1 amide bonds. The smallest absolute Gasteiger partial charge is 0.295 e. The summed E-state index contributed by atoms with van der Waals surface area (Å²) in [5, 5.41) is 15.8. The van der Waals surface area contributed by atoms with E-state index in [0.29, 0.717) is 24.3 Å². The van der Waals surface area contributed by atoms with Gasteiger partial charge in [-0.25, -0.2) is 4.68 Å². The summed E-state index contributed by atoms with van der Waals surface area (Å²) in [7, 11) is 3.83. The van der Waals surface area contributed by atoms with Crippen molar-refractivity contribution in [2.24, 2.45) is 0 Å². The number of carbonyl (C=O) groups excluding carboxylic acids is 2. The number of benzene rings is 2. The Hall–Kier alpha value is -3.71. The molecule has 1 aliphatic heterocycles. The predicted molar refractivity (Wildman–Crippen MR) is 127 cm³/mol. The van der Waals surface area contributed by atoms with Gasteiger partial charge >= 0.3 is 0 Å². The Balaban J connectivity index is 1.84. The van der Waals surface area contributed by atoms with E-state index in [1.54, 1.807) is 9.58 Å². The van der Waals surface area contributed by atoms with Crippen LogP contribution in [0.2, 0.25) is 0 Å². The van der Waals surface area contributed by atoms with E-state index in [0.717, 1.165) is 16.8 Å². The molecule has 1 aromatic heterocycles. The third-order valence-corrected chi connectivity index (χ3v) is 5.99. The number of aromatic nitrogens is 2. The molecular weight excluding hydrogens is 416 g/mol. The average Bonchev–Trinajstić information content (AvgIpc) is 3.30. The van der Waals surface area contributed by atoms with Crippen LogP contribution in [0.5, 0.6) is 0 Å². The van der Waals surface area contributed by atoms with Crippen molar-refractivity contribution >= 4 is 17.4 Å². The van der Waals surface area contributed by atoms with Gasteiger partial charge in [-0.3, -0.25) is 9.59 Å². The summed E-state index contributed by atoms with van der Waals surface area (Å²) in [6.45, 7) is 4.78. The quantitative estimate of drug-likeness (QED) is 0.358. The number of likely N-dealkylation sites (N-methyl/N-ethyl adjacent to an activating group) is 1. The number of para-hydroxylation sites is 1. The molecule has 0 bridgehead atoms. The molecule has 0 radical (unpaired) electrons. The molecule has 1 fully saturated rings. The molecule has 170 valence electrons. The number of rotatable bonds is 6. The number of likely N-dealkylation sites (tertiary alicyclic amines) is 1. The van der Waals surface area contributed by atoms with Gasteiger partial charge in [0.15, 0.2) is 0 Å². The van der Waals surface area contributed by atoms with Gasteiger partial charge in [-0.2, -0.15) is 5.10 Å². The zero-order chi connectivity index (χ0) is 23.7. The Bertz CT molecular complexity index is 1210. The second-order valence-corrected chi connectivity index (χ2v) is 8.60. The molecule has 7 nitrogen and oxygen atoms in total. The molecule has 0 saturated carbocycles. The van der Waals surface area contributed by atoms with Crippen molar-refractivity contribution in [2.75, 3.05) is 27.2 Å². The van der Waals surface area contributed by atoms with Gasteiger partial charge in [0, 0.05) is 13.1 Å². The molecule has 2 heterocycles. The molecule has 1 unspecified atom stereocenters. The number of aliphatic hydroxyl groups is 1. The van der Waals surface area contributed by atoms with Crippen molar-refractivity contribution in [3.8, 4) is 5.69 Å². The minimum atomic E-state index is -0.677. The van der Waals surface area contributed by atoms with E-state index in [-0.39, 0.29) is 11.3 Å². The molecule has 1 N–H and O–H groups in total. The minimum absolute atomic E-state index is 0.0957. The fourth-order valence-corrected chi connectivity index (χ4v) is 4.13. The van der Waals surface area contributed by atoms with E-state index in [1.165, 1.54) is 6.20 Å². The first-order chi connectivity index (χ1) is 15.8. The second-order valence-electron chi connectivity index (χ2n) is 8.60. The maximum Gasteiger partial charge on any atom is 0.295 e. The summed E-state index contributed by atoms with van der Waals surface area (Å²) in [5.74, 6) is -1.48. The minimum Gasteiger partial charge on any atom is -0.507 e. The van der Waals surface area contributed by atoms with Crippen molar-refractivity contribution in [1.82, 2.24) is 19.6 Å². The monoisotopic (exact) mass is 444 g/mol. The first kappa shape index (κ1) is 22.5. The van der Waals surface area contributed by atoms with Crippen LogP contribution in [0.25, 0.3) is 11.4 Å². The van der Waals surface area contributed by atoms with Crippen LogP contribution in [0, 0.1) is 13.8 Å². The van der Waals surface area contributed by atoms with Gasteiger partial charge in [-0.1, -0.05) is 48.0 Å². The lowest BCUT2D eigenvalue weighted by atomic mass is 9.95. The van der Waals surface area contributed by atoms with Gasteiger partial charge in [-0.15, -0.1) is 0 Å². The molecule has 33 heavy (non-hydrogen) atoms. The van der Waals surface area contributed by atoms with E-state index in [4.69, 9.17) is 0 Å². The maximum atomic E-state index is 13.2. The highest BCUT2D eigenvalue weighted by molar-refractivity contribution is 6.46. The third kappa shape index (κ3) is 4.19. The zero-order valence-corrected chi connectivity index (χ0v) is 19.3. The molecule has 1 aliphatic rings. The number of amides is 1. The highest BCUT2D eigenvalue weighted by Gasteiger charge is 2.46. The van der Waals surface area contributed by atoms with Crippen LogP contribution in [0.3, 0.4) is 0 Å². The van der Waals surface area contributed by atoms with Crippen LogP contribution >= 0.6 is 0 Å². The summed E-state index contributed by atoms with van der Waals surface area (Å²) in [6, 6.07) is 16.6. The van der Waals surface area contributed by atoms with Crippen molar-refractivity contribution in [2.45, 2.75) is 19.9 Å². The first-order valence-corrected chi connectivity index (χ1v) is 10.9. The van der Waals surface area contributed by atoms with E-state index in [9.17, 15) is 14.7 Å².